The third-order valence-electron chi connectivity index (χ3n) is 3.39. The molecule has 0 amide bonds. The SMILES string of the molecule is CCN(Cc1ccccc1)c1ccc(Br)cc1CCN. The highest BCUT2D eigenvalue weighted by Gasteiger charge is 2.10. The molecule has 0 heterocycles. The zero-order chi connectivity index (χ0) is 14.4. The van der Waals surface area contributed by atoms with Crippen molar-refractivity contribution in [1.29, 1.82) is 0 Å². The number of rotatable bonds is 6. The molecule has 2 nitrogen and oxygen atoms in total. The lowest BCUT2D eigenvalue weighted by atomic mass is 10.1. The van der Waals surface area contributed by atoms with Gasteiger partial charge in [-0.1, -0.05) is 46.3 Å². The Balaban J connectivity index is 2.27. The molecule has 0 saturated carbocycles. The van der Waals surface area contributed by atoms with Gasteiger partial charge in [-0.15, -0.1) is 0 Å². The predicted octanol–water partition coefficient (Wildman–Crippen LogP) is 3.98. The van der Waals surface area contributed by atoms with Crippen molar-refractivity contribution in [3.8, 4) is 0 Å². The van der Waals surface area contributed by atoms with Gasteiger partial charge in [-0.25, -0.2) is 0 Å². The summed E-state index contributed by atoms with van der Waals surface area (Å²) in [5, 5.41) is 0. The van der Waals surface area contributed by atoms with E-state index in [1.165, 1.54) is 16.8 Å². The lowest BCUT2D eigenvalue weighted by Crippen LogP contribution is -2.23. The molecule has 0 bridgehead atoms. The van der Waals surface area contributed by atoms with E-state index in [1.54, 1.807) is 0 Å². The molecule has 0 saturated heterocycles. The molecule has 20 heavy (non-hydrogen) atoms. The Morgan fingerprint density at radius 1 is 1.10 bits per heavy atom. The average molecular weight is 333 g/mol. The molecule has 2 aromatic rings. The third kappa shape index (κ3) is 3.84. The Kier molecular flexibility index (Phi) is 5.62. The topological polar surface area (TPSA) is 29.3 Å². The average Bonchev–Trinajstić information content (AvgIpc) is 2.47. The van der Waals surface area contributed by atoms with Crippen molar-refractivity contribution in [2.75, 3.05) is 18.0 Å². The summed E-state index contributed by atoms with van der Waals surface area (Å²) in [5.74, 6) is 0. The maximum absolute atomic E-state index is 5.74. The van der Waals surface area contributed by atoms with Crippen molar-refractivity contribution in [2.45, 2.75) is 19.9 Å². The number of halogens is 1. The van der Waals surface area contributed by atoms with Crippen LogP contribution in [0.25, 0.3) is 0 Å². The second-order valence-electron chi connectivity index (χ2n) is 4.81. The number of hydrogen-bond donors (Lipinski definition) is 1. The molecular formula is C17H21BrN2. The van der Waals surface area contributed by atoms with Gasteiger partial charge in [0.1, 0.15) is 0 Å². The first-order valence-electron chi connectivity index (χ1n) is 7.02. The van der Waals surface area contributed by atoms with Crippen LogP contribution in [0.2, 0.25) is 0 Å². The van der Waals surface area contributed by atoms with Gasteiger partial charge in [0.15, 0.2) is 0 Å². The highest BCUT2D eigenvalue weighted by molar-refractivity contribution is 9.10. The van der Waals surface area contributed by atoms with Gasteiger partial charge in [-0.05, 0) is 49.2 Å². The number of nitrogens with zero attached hydrogens (tertiary/aromatic N) is 1. The smallest absolute Gasteiger partial charge is 0.0429 e. The monoisotopic (exact) mass is 332 g/mol. The van der Waals surface area contributed by atoms with E-state index in [0.717, 1.165) is 24.0 Å². The molecule has 3 heteroatoms. The van der Waals surface area contributed by atoms with Crippen LogP contribution in [-0.4, -0.2) is 13.1 Å². The normalized spacial score (nSPS) is 10.6. The van der Waals surface area contributed by atoms with E-state index in [1.807, 2.05) is 0 Å². The van der Waals surface area contributed by atoms with Crippen molar-refractivity contribution < 1.29 is 0 Å². The van der Waals surface area contributed by atoms with Crippen LogP contribution in [0.3, 0.4) is 0 Å². The van der Waals surface area contributed by atoms with Gasteiger partial charge in [-0.2, -0.15) is 0 Å². The minimum atomic E-state index is 0.673. The Morgan fingerprint density at radius 3 is 2.50 bits per heavy atom. The molecule has 0 aromatic heterocycles. The van der Waals surface area contributed by atoms with Crippen molar-refractivity contribution in [3.05, 3.63) is 64.1 Å². The number of benzene rings is 2. The first kappa shape index (κ1) is 15.1. The molecular weight excluding hydrogens is 312 g/mol. The van der Waals surface area contributed by atoms with Gasteiger partial charge in [0.25, 0.3) is 0 Å². The van der Waals surface area contributed by atoms with Crippen LogP contribution in [-0.2, 0) is 13.0 Å². The van der Waals surface area contributed by atoms with Crippen LogP contribution in [0.15, 0.2) is 53.0 Å². The Bertz CT molecular complexity index is 540. The van der Waals surface area contributed by atoms with Crippen LogP contribution in [0.5, 0.6) is 0 Å². The Hall–Kier alpha value is -1.32. The van der Waals surface area contributed by atoms with Gasteiger partial charge in [-0.3, -0.25) is 0 Å². The van der Waals surface area contributed by atoms with Crippen LogP contribution < -0.4 is 10.6 Å². The molecule has 0 unspecified atom stereocenters. The second kappa shape index (κ2) is 7.46. The molecule has 0 radical (unpaired) electrons. The zero-order valence-electron chi connectivity index (χ0n) is 11.8. The predicted molar refractivity (Wildman–Crippen MR) is 90.1 cm³/mol. The van der Waals surface area contributed by atoms with E-state index in [9.17, 15) is 0 Å². The molecule has 0 spiro atoms. The van der Waals surface area contributed by atoms with Crippen molar-refractivity contribution >= 4 is 21.6 Å². The van der Waals surface area contributed by atoms with Crippen LogP contribution in [0.1, 0.15) is 18.1 Å². The van der Waals surface area contributed by atoms with E-state index < -0.39 is 0 Å². The summed E-state index contributed by atoms with van der Waals surface area (Å²) in [7, 11) is 0. The molecule has 0 aliphatic carbocycles. The van der Waals surface area contributed by atoms with E-state index in [-0.39, 0.29) is 0 Å². The number of nitrogens with two attached hydrogens (primary N) is 1. The van der Waals surface area contributed by atoms with Gasteiger partial charge < -0.3 is 10.6 Å². The van der Waals surface area contributed by atoms with Crippen LogP contribution in [0, 0.1) is 0 Å². The first-order valence-corrected chi connectivity index (χ1v) is 7.81. The fourth-order valence-electron chi connectivity index (χ4n) is 2.39. The fraction of sp³-hybridized carbons (Fsp3) is 0.294. The minimum absolute atomic E-state index is 0.673. The summed E-state index contributed by atoms with van der Waals surface area (Å²) in [6, 6.07) is 17.0. The largest absolute Gasteiger partial charge is 0.367 e. The molecule has 2 aromatic carbocycles. The second-order valence-corrected chi connectivity index (χ2v) is 5.73. The van der Waals surface area contributed by atoms with Crippen LogP contribution >= 0.6 is 15.9 Å². The highest BCUT2D eigenvalue weighted by Crippen LogP contribution is 2.26. The summed E-state index contributed by atoms with van der Waals surface area (Å²) in [6.07, 6.45) is 0.903. The number of hydrogen-bond acceptors (Lipinski definition) is 2. The molecule has 0 aliphatic heterocycles. The van der Waals surface area contributed by atoms with E-state index in [0.29, 0.717) is 6.54 Å². The lowest BCUT2D eigenvalue weighted by molar-refractivity contribution is 0.818. The van der Waals surface area contributed by atoms with Crippen LogP contribution in [0.4, 0.5) is 5.69 Å². The third-order valence-corrected chi connectivity index (χ3v) is 3.89. The summed E-state index contributed by atoms with van der Waals surface area (Å²) in [4.78, 5) is 2.40. The first-order chi connectivity index (χ1) is 9.74. The van der Waals surface area contributed by atoms with Gasteiger partial charge in [0, 0.05) is 23.2 Å². The molecule has 2 N–H and O–H groups in total. The van der Waals surface area contributed by atoms with Gasteiger partial charge >= 0.3 is 0 Å². The van der Waals surface area contributed by atoms with E-state index >= 15 is 0 Å². The van der Waals surface area contributed by atoms with Crippen molar-refractivity contribution in [1.82, 2.24) is 0 Å². The number of anilines is 1. The van der Waals surface area contributed by atoms with E-state index in [2.05, 4.69) is 76.3 Å². The summed E-state index contributed by atoms with van der Waals surface area (Å²) in [6.45, 7) is 4.77. The quantitative estimate of drug-likeness (QED) is 0.866. The lowest BCUT2D eigenvalue weighted by Gasteiger charge is -2.26. The Morgan fingerprint density at radius 2 is 1.85 bits per heavy atom. The maximum Gasteiger partial charge on any atom is 0.0429 e. The van der Waals surface area contributed by atoms with Gasteiger partial charge in [0.05, 0.1) is 0 Å². The molecule has 0 atom stereocenters. The highest BCUT2D eigenvalue weighted by atomic mass is 79.9. The molecule has 106 valence electrons. The molecule has 0 fully saturated rings. The molecule has 2 rings (SSSR count). The van der Waals surface area contributed by atoms with Crippen molar-refractivity contribution in [3.63, 3.8) is 0 Å². The van der Waals surface area contributed by atoms with Crippen molar-refractivity contribution in [2.24, 2.45) is 5.73 Å². The van der Waals surface area contributed by atoms with Gasteiger partial charge in [0.2, 0.25) is 0 Å². The minimum Gasteiger partial charge on any atom is -0.367 e. The fourth-order valence-corrected chi connectivity index (χ4v) is 2.80. The summed E-state index contributed by atoms with van der Waals surface area (Å²) < 4.78 is 1.11. The zero-order valence-corrected chi connectivity index (χ0v) is 13.4. The Labute approximate surface area is 129 Å². The molecule has 0 aliphatic rings. The summed E-state index contributed by atoms with van der Waals surface area (Å²) in [5.41, 5.74) is 9.66. The summed E-state index contributed by atoms with van der Waals surface area (Å²) >= 11 is 3.54. The van der Waals surface area contributed by atoms with E-state index in [4.69, 9.17) is 5.73 Å². The maximum atomic E-state index is 5.74. The standard InChI is InChI=1S/C17H21BrN2/c1-2-20(13-14-6-4-3-5-7-14)17-9-8-16(18)12-15(17)10-11-19/h3-9,12H,2,10-11,13,19H2,1H3.